The lowest BCUT2D eigenvalue weighted by molar-refractivity contribution is -0.138. The molecule has 0 aromatic heterocycles. The fraction of sp³-hybridized carbons (Fsp3) is 0.571. The number of alkyl halides is 3. The Morgan fingerprint density at radius 2 is 1.50 bits per heavy atom. The first-order valence-corrected chi connectivity index (χ1v) is 6.54. The fourth-order valence-electron chi connectivity index (χ4n) is 2.20. The summed E-state index contributed by atoms with van der Waals surface area (Å²) < 4.78 is 50.3. The Hall–Kier alpha value is -1.01. The van der Waals surface area contributed by atoms with Gasteiger partial charge in [-0.1, -0.05) is 18.2 Å². The Kier molecular flexibility index (Phi) is 3.67. The van der Waals surface area contributed by atoms with Crippen molar-refractivity contribution in [1.82, 2.24) is 0 Å². The lowest BCUT2D eigenvalue weighted by Crippen LogP contribution is -2.41. The molecule has 1 aliphatic heterocycles. The Labute approximate surface area is 117 Å². The highest BCUT2D eigenvalue weighted by atomic mass is 19.4. The maximum Gasteiger partial charge on any atom is 0.462 e. The monoisotopic (exact) mass is 286 g/mol. The normalized spacial score (nSPS) is 21.2. The van der Waals surface area contributed by atoms with E-state index in [1.165, 1.54) is 12.1 Å². The van der Waals surface area contributed by atoms with Crippen LogP contribution < -0.4 is 0 Å². The molecule has 1 fully saturated rings. The molecule has 2 nitrogen and oxygen atoms in total. The van der Waals surface area contributed by atoms with Gasteiger partial charge in [0.25, 0.3) is 0 Å². The molecule has 0 bridgehead atoms. The molecule has 1 saturated heterocycles. The van der Waals surface area contributed by atoms with Gasteiger partial charge in [0, 0.05) is 6.32 Å². The van der Waals surface area contributed by atoms with Crippen molar-refractivity contribution in [3.63, 3.8) is 0 Å². The minimum Gasteiger partial charge on any atom is -0.403 e. The van der Waals surface area contributed by atoms with Gasteiger partial charge in [-0.25, -0.2) is 0 Å². The summed E-state index contributed by atoms with van der Waals surface area (Å²) in [7, 11) is -0.663. The Bertz CT molecular complexity index is 481. The van der Waals surface area contributed by atoms with Crippen LogP contribution in [0.5, 0.6) is 0 Å². The Morgan fingerprint density at radius 3 is 2.00 bits per heavy atom. The largest absolute Gasteiger partial charge is 0.462 e. The highest BCUT2D eigenvalue weighted by Gasteiger charge is 2.51. The molecule has 1 aromatic carbocycles. The van der Waals surface area contributed by atoms with Gasteiger partial charge >= 0.3 is 13.3 Å². The molecule has 0 atom stereocenters. The number of benzene rings is 1. The molecule has 1 aliphatic rings. The maximum atomic E-state index is 12.9. The summed E-state index contributed by atoms with van der Waals surface area (Å²) >= 11 is 0. The van der Waals surface area contributed by atoms with E-state index in [1.54, 1.807) is 6.07 Å². The van der Waals surface area contributed by atoms with Gasteiger partial charge in [-0.3, -0.25) is 0 Å². The summed E-state index contributed by atoms with van der Waals surface area (Å²) in [5.41, 5.74) is -1.51. The van der Waals surface area contributed by atoms with E-state index in [0.29, 0.717) is 0 Å². The van der Waals surface area contributed by atoms with Crippen LogP contribution in [-0.2, 0) is 21.8 Å². The average Bonchev–Trinajstić information content (AvgIpc) is 2.46. The van der Waals surface area contributed by atoms with Crippen molar-refractivity contribution in [2.75, 3.05) is 0 Å². The van der Waals surface area contributed by atoms with Crippen molar-refractivity contribution in [2.24, 2.45) is 0 Å². The molecule has 2 rings (SSSR count). The molecule has 1 aromatic rings. The summed E-state index contributed by atoms with van der Waals surface area (Å²) in [6.07, 6.45) is -4.28. The third-order valence-corrected chi connectivity index (χ3v) is 4.01. The van der Waals surface area contributed by atoms with Crippen molar-refractivity contribution in [2.45, 2.75) is 51.4 Å². The lowest BCUT2D eigenvalue weighted by Gasteiger charge is -2.32. The summed E-state index contributed by atoms with van der Waals surface area (Å²) in [6, 6.07) is 5.53. The zero-order valence-electron chi connectivity index (χ0n) is 12.0. The summed E-state index contributed by atoms with van der Waals surface area (Å²) in [6.45, 7) is 7.51. The topological polar surface area (TPSA) is 18.5 Å². The van der Waals surface area contributed by atoms with E-state index in [4.69, 9.17) is 9.31 Å². The van der Waals surface area contributed by atoms with Crippen molar-refractivity contribution in [3.05, 3.63) is 35.4 Å². The molecule has 1 heterocycles. The number of rotatable bonds is 2. The van der Waals surface area contributed by atoms with Gasteiger partial charge in [0.05, 0.1) is 16.8 Å². The van der Waals surface area contributed by atoms with Gasteiger partial charge in [-0.05, 0) is 39.3 Å². The SMILES string of the molecule is CC1(C)OB(Cc2ccccc2C(F)(F)F)OC1(C)C. The van der Waals surface area contributed by atoms with Crippen LogP contribution in [0.2, 0.25) is 0 Å². The molecular weight excluding hydrogens is 268 g/mol. The summed E-state index contributed by atoms with van der Waals surface area (Å²) in [5.74, 6) is 0. The van der Waals surface area contributed by atoms with Crippen LogP contribution >= 0.6 is 0 Å². The third-order valence-electron chi connectivity index (χ3n) is 4.01. The highest BCUT2D eigenvalue weighted by molar-refractivity contribution is 6.45. The minimum atomic E-state index is -4.36. The molecule has 0 aliphatic carbocycles. The number of hydrogen-bond donors (Lipinski definition) is 0. The van der Waals surface area contributed by atoms with E-state index in [0.717, 1.165) is 6.07 Å². The second kappa shape index (κ2) is 4.77. The third kappa shape index (κ3) is 2.86. The van der Waals surface area contributed by atoms with Crippen LogP contribution in [0.25, 0.3) is 0 Å². The molecule has 0 saturated carbocycles. The zero-order chi connectivity index (χ0) is 15.2. The number of halogens is 3. The van der Waals surface area contributed by atoms with Crippen molar-refractivity contribution < 1.29 is 22.5 Å². The quantitative estimate of drug-likeness (QED) is 0.768. The first kappa shape index (κ1) is 15.4. The molecule has 6 heteroatoms. The molecule has 110 valence electrons. The Morgan fingerprint density at radius 1 is 1.00 bits per heavy atom. The minimum absolute atomic E-state index is 0.0859. The maximum absolute atomic E-state index is 12.9. The zero-order valence-corrected chi connectivity index (χ0v) is 12.0. The van der Waals surface area contributed by atoms with Crippen molar-refractivity contribution in [1.29, 1.82) is 0 Å². The van der Waals surface area contributed by atoms with Crippen molar-refractivity contribution in [3.8, 4) is 0 Å². The second-order valence-electron chi connectivity index (χ2n) is 6.04. The van der Waals surface area contributed by atoms with E-state index in [9.17, 15) is 13.2 Å². The van der Waals surface area contributed by atoms with Crippen LogP contribution in [0.3, 0.4) is 0 Å². The molecule has 0 N–H and O–H groups in total. The van der Waals surface area contributed by atoms with Gasteiger partial charge in [-0.15, -0.1) is 0 Å². The van der Waals surface area contributed by atoms with Crippen LogP contribution in [0.1, 0.15) is 38.8 Å². The highest BCUT2D eigenvalue weighted by Crippen LogP contribution is 2.39. The standard InChI is InChI=1S/C14H18BF3O2/c1-12(2)13(3,4)20-15(19-12)9-10-7-5-6-8-11(10)14(16,17)18/h5-8H,9H2,1-4H3. The number of hydrogen-bond acceptors (Lipinski definition) is 2. The van der Waals surface area contributed by atoms with Gasteiger partial charge < -0.3 is 9.31 Å². The van der Waals surface area contributed by atoms with E-state index >= 15 is 0 Å². The van der Waals surface area contributed by atoms with E-state index in [2.05, 4.69) is 0 Å². The Balaban J connectivity index is 2.21. The predicted molar refractivity (Wildman–Crippen MR) is 71.2 cm³/mol. The fourth-order valence-corrected chi connectivity index (χ4v) is 2.20. The lowest BCUT2D eigenvalue weighted by atomic mass is 9.79. The van der Waals surface area contributed by atoms with Gasteiger partial charge in [0.2, 0.25) is 0 Å². The van der Waals surface area contributed by atoms with Crippen LogP contribution in [0.15, 0.2) is 24.3 Å². The van der Waals surface area contributed by atoms with Crippen LogP contribution in [0.4, 0.5) is 13.2 Å². The second-order valence-corrected chi connectivity index (χ2v) is 6.04. The first-order chi connectivity index (χ1) is 9.03. The van der Waals surface area contributed by atoms with E-state index < -0.39 is 30.1 Å². The van der Waals surface area contributed by atoms with Gasteiger partial charge in [0.15, 0.2) is 0 Å². The van der Waals surface area contributed by atoms with E-state index in [-0.39, 0.29) is 11.9 Å². The van der Waals surface area contributed by atoms with Crippen molar-refractivity contribution >= 4 is 7.12 Å². The van der Waals surface area contributed by atoms with Gasteiger partial charge in [0.1, 0.15) is 0 Å². The summed E-state index contributed by atoms with van der Waals surface area (Å²) in [5, 5.41) is 0. The van der Waals surface area contributed by atoms with E-state index in [1.807, 2.05) is 27.7 Å². The molecule has 20 heavy (non-hydrogen) atoms. The molecule has 0 radical (unpaired) electrons. The molecule has 0 unspecified atom stereocenters. The molecule has 0 amide bonds. The molecular formula is C14H18BF3O2. The average molecular weight is 286 g/mol. The smallest absolute Gasteiger partial charge is 0.403 e. The first-order valence-electron chi connectivity index (χ1n) is 6.54. The molecule has 0 spiro atoms. The summed E-state index contributed by atoms with van der Waals surface area (Å²) in [4.78, 5) is 0. The van der Waals surface area contributed by atoms with Crippen LogP contribution in [-0.4, -0.2) is 18.3 Å². The van der Waals surface area contributed by atoms with Crippen LogP contribution in [0, 0.1) is 0 Å². The predicted octanol–water partition coefficient (Wildman–Crippen LogP) is 3.88. The van der Waals surface area contributed by atoms with Gasteiger partial charge in [-0.2, -0.15) is 13.2 Å².